The van der Waals surface area contributed by atoms with E-state index in [1.54, 1.807) is 0 Å². The summed E-state index contributed by atoms with van der Waals surface area (Å²) in [5, 5.41) is 8.88. The Labute approximate surface area is 88.4 Å². The first-order chi connectivity index (χ1) is 6.61. The largest absolute Gasteiger partial charge is 0.481 e. The number of thioether (sulfide) groups is 1. The van der Waals surface area contributed by atoms with Crippen LogP contribution >= 0.6 is 11.8 Å². The van der Waals surface area contributed by atoms with Crippen molar-refractivity contribution in [2.45, 2.75) is 43.0 Å². The number of carbonyl (C=O) groups is 1. The Morgan fingerprint density at radius 2 is 2.14 bits per heavy atom. The minimum Gasteiger partial charge on any atom is -0.481 e. The molecule has 1 aliphatic rings. The fraction of sp³-hybridized carbons (Fsp3) is 0.889. The van der Waals surface area contributed by atoms with E-state index < -0.39 is 5.97 Å². The molecule has 1 aliphatic heterocycles. The lowest BCUT2D eigenvalue weighted by Crippen LogP contribution is -2.43. The Morgan fingerprint density at radius 1 is 1.43 bits per heavy atom. The van der Waals surface area contributed by atoms with Crippen LogP contribution in [0.1, 0.15) is 25.7 Å². The van der Waals surface area contributed by atoms with Gasteiger partial charge < -0.3 is 16.6 Å². The fourth-order valence-corrected chi connectivity index (χ4v) is 3.08. The van der Waals surface area contributed by atoms with Gasteiger partial charge >= 0.3 is 5.97 Å². The van der Waals surface area contributed by atoms with E-state index in [4.69, 9.17) is 16.6 Å². The predicted octanol–water partition coefficient (Wildman–Crippen LogP) is 0.401. The summed E-state index contributed by atoms with van der Waals surface area (Å²) in [6, 6.07) is 0.203. The third-order valence-electron chi connectivity index (χ3n) is 2.56. The molecule has 5 N–H and O–H groups in total. The van der Waals surface area contributed by atoms with E-state index in [1.807, 2.05) is 11.8 Å². The molecular formula is C9H18N2O2S. The lowest BCUT2D eigenvalue weighted by Gasteiger charge is -2.16. The molecule has 1 heterocycles. The maximum Gasteiger partial charge on any atom is 0.303 e. The first-order valence-electron chi connectivity index (χ1n) is 4.96. The van der Waals surface area contributed by atoms with Crippen molar-refractivity contribution in [2.75, 3.05) is 5.75 Å². The zero-order valence-electron chi connectivity index (χ0n) is 8.19. The van der Waals surface area contributed by atoms with Gasteiger partial charge in [0.15, 0.2) is 0 Å². The molecule has 82 valence electrons. The molecule has 3 atom stereocenters. The minimum absolute atomic E-state index is 0.0878. The van der Waals surface area contributed by atoms with Gasteiger partial charge in [-0.05, 0) is 12.8 Å². The molecule has 0 aromatic rings. The van der Waals surface area contributed by atoms with Gasteiger partial charge in [0.2, 0.25) is 0 Å². The highest BCUT2D eigenvalue weighted by molar-refractivity contribution is 8.00. The number of carboxylic acids is 1. The van der Waals surface area contributed by atoms with Crippen LogP contribution in [-0.2, 0) is 4.79 Å². The lowest BCUT2D eigenvalue weighted by molar-refractivity contribution is -0.137. The zero-order valence-corrected chi connectivity index (χ0v) is 9.00. The van der Waals surface area contributed by atoms with E-state index in [-0.39, 0.29) is 18.5 Å². The molecule has 0 radical (unpaired) electrons. The van der Waals surface area contributed by atoms with Gasteiger partial charge in [0, 0.05) is 29.5 Å². The molecule has 0 bridgehead atoms. The van der Waals surface area contributed by atoms with Crippen LogP contribution in [-0.4, -0.2) is 34.2 Å². The molecule has 1 fully saturated rings. The van der Waals surface area contributed by atoms with E-state index in [1.165, 1.54) is 0 Å². The summed E-state index contributed by atoms with van der Waals surface area (Å²) in [6.45, 7) is 0. The Balaban J connectivity index is 2.10. The van der Waals surface area contributed by atoms with Gasteiger partial charge in [0.1, 0.15) is 0 Å². The molecule has 1 rings (SSSR count). The zero-order chi connectivity index (χ0) is 10.6. The van der Waals surface area contributed by atoms with E-state index in [0.29, 0.717) is 5.25 Å². The Bertz CT molecular complexity index is 201. The average Bonchev–Trinajstić information content (AvgIpc) is 2.43. The molecule has 0 aromatic carbocycles. The van der Waals surface area contributed by atoms with Crippen molar-refractivity contribution in [1.29, 1.82) is 0 Å². The Hall–Kier alpha value is -0.260. The summed E-state index contributed by atoms with van der Waals surface area (Å²) in [4.78, 5) is 10.3. The predicted molar refractivity (Wildman–Crippen MR) is 58.3 cm³/mol. The first kappa shape index (κ1) is 11.8. The maximum atomic E-state index is 10.3. The number of nitrogens with two attached hydrogens (primary N) is 2. The second-order valence-corrected chi connectivity index (χ2v) is 5.02. The number of rotatable bonds is 5. The quantitative estimate of drug-likeness (QED) is 0.581. The minimum atomic E-state index is -0.718. The van der Waals surface area contributed by atoms with E-state index in [0.717, 1.165) is 25.0 Å². The third kappa shape index (κ3) is 3.48. The molecule has 4 nitrogen and oxygen atoms in total. The number of unbranched alkanes of at least 4 members (excludes halogenated alkanes) is 1. The van der Waals surface area contributed by atoms with Gasteiger partial charge in [-0.25, -0.2) is 0 Å². The lowest BCUT2D eigenvalue weighted by atomic mass is 10.0. The summed E-state index contributed by atoms with van der Waals surface area (Å²) < 4.78 is 0. The van der Waals surface area contributed by atoms with Crippen LogP contribution < -0.4 is 11.5 Å². The molecule has 0 saturated carbocycles. The van der Waals surface area contributed by atoms with Crippen molar-refractivity contribution >= 4 is 17.7 Å². The summed E-state index contributed by atoms with van der Waals surface area (Å²) in [7, 11) is 0. The Kier molecular flexibility index (Phi) is 4.71. The number of hydrogen-bond donors (Lipinski definition) is 3. The molecule has 5 heteroatoms. The summed E-state index contributed by atoms with van der Waals surface area (Å²) in [6.07, 6.45) is 2.93. The molecular weight excluding hydrogens is 200 g/mol. The van der Waals surface area contributed by atoms with E-state index >= 15 is 0 Å². The monoisotopic (exact) mass is 218 g/mol. The summed E-state index contributed by atoms with van der Waals surface area (Å²) >= 11 is 1.82. The maximum absolute atomic E-state index is 10.3. The summed E-state index contributed by atoms with van der Waals surface area (Å²) in [5.74, 6) is 0.218. The van der Waals surface area contributed by atoms with Gasteiger partial charge in [-0.15, -0.1) is 0 Å². The van der Waals surface area contributed by atoms with Crippen LogP contribution in [0.2, 0.25) is 0 Å². The average molecular weight is 218 g/mol. The van der Waals surface area contributed by atoms with Crippen molar-refractivity contribution in [1.82, 2.24) is 0 Å². The molecule has 1 saturated heterocycles. The normalized spacial score (nSPS) is 32.0. The van der Waals surface area contributed by atoms with Gasteiger partial charge in [0.05, 0.1) is 0 Å². The molecule has 0 aromatic heterocycles. The smallest absolute Gasteiger partial charge is 0.303 e. The summed E-state index contributed by atoms with van der Waals surface area (Å²) in [5.41, 5.74) is 11.7. The SMILES string of the molecule is N[C@H]1[C@H](CCCCC(=O)O)SC[C@@H]1N. The van der Waals surface area contributed by atoms with Crippen molar-refractivity contribution in [3.05, 3.63) is 0 Å². The van der Waals surface area contributed by atoms with Crippen molar-refractivity contribution in [3.8, 4) is 0 Å². The molecule has 0 aliphatic carbocycles. The third-order valence-corrected chi connectivity index (χ3v) is 4.11. The second-order valence-electron chi connectivity index (χ2n) is 3.75. The Morgan fingerprint density at radius 3 is 2.64 bits per heavy atom. The van der Waals surface area contributed by atoms with E-state index in [9.17, 15) is 4.79 Å². The van der Waals surface area contributed by atoms with Crippen LogP contribution in [0.15, 0.2) is 0 Å². The highest BCUT2D eigenvalue weighted by Crippen LogP contribution is 2.28. The molecule has 0 unspecified atom stereocenters. The molecule has 14 heavy (non-hydrogen) atoms. The van der Waals surface area contributed by atoms with E-state index in [2.05, 4.69) is 0 Å². The fourth-order valence-electron chi connectivity index (χ4n) is 1.63. The highest BCUT2D eigenvalue weighted by Gasteiger charge is 2.30. The van der Waals surface area contributed by atoms with Crippen LogP contribution in [0.3, 0.4) is 0 Å². The van der Waals surface area contributed by atoms with Crippen molar-refractivity contribution in [2.24, 2.45) is 11.5 Å². The van der Waals surface area contributed by atoms with Crippen LogP contribution in [0.4, 0.5) is 0 Å². The molecule has 0 spiro atoms. The molecule has 0 amide bonds. The topological polar surface area (TPSA) is 89.3 Å². The number of hydrogen-bond acceptors (Lipinski definition) is 4. The highest BCUT2D eigenvalue weighted by atomic mass is 32.2. The van der Waals surface area contributed by atoms with Gasteiger partial charge in [-0.2, -0.15) is 11.8 Å². The van der Waals surface area contributed by atoms with Crippen LogP contribution in [0, 0.1) is 0 Å². The van der Waals surface area contributed by atoms with Crippen molar-refractivity contribution in [3.63, 3.8) is 0 Å². The van der Waals surface area contributed by atoms with Crippen LogP contribution in [0.25, 0.3) is 0 Å². The van der Waals surface area contributed by atoms with Gasteiger partial charge in [-0.1, -0.05) is 6.42 Å². The van der Waals surface area contributed by atoms with Crippen LogP contribution in [0.5, 0.6) is 0 Å². The first-order valence-corrected chi connectivity index (χ1v) is 6.00. The second kappa shape index (κ2) is 5.58. The standard InChI is InChI=1S/C9H18N2O2S/c10-6-5-14-7(9(6)11)3-1-2-4-8(12)13/h6-7,9H,1-5,10-11H2,(H,12,13)/t6-,7-,9+/m0/s1. The van der Waals surface area contributed by atoms with Crippen molar-refractivity contribution < 1.29 is 9.90 Å². The number of aliphatic carboxylic acids is 1. The number of carboxylic acid groups (broad SMARTS) is 1. The van der Waals surface area contributed by atoms with Gasteiger partial charge in [0.25, 0.3) is 0 Å². The van der Waals surface area contributed by atoms with Gasteiger partial charge in [-0.3, -0.25) is 4.79 Å².